The number of Topliss-reactive ketones (excluding diaryl/α,β-unsaturated/α-hetero) is 1. The molecule has 1 aromatic carbocycles. The maximum absolute atomic E-state index is 10.9. The van der Waals surface area contributed by atoms with Crippen LogP contribution in [-0.2, 0) is 4.79 Å². The third-order valence-corrected chi connectivity index (χ3v) is 2.89. The van der Waals surface area contributed by atoms with E-state index in [-0.39, 0.29) is 12.4 Å². The van der Waals surface area contributed by atoms with E-state index in [1.165, 1.54) is 6.92 Å². The smallest absolute Gasteiger partial charge is 0.167 e. The minimum Gasteiger partial charge on any atom is -0.491 e. The highest BCUT2D eigenvalue weighted by Crippen LogP contribution is 2.28. The third-order valence-electron chi connectivity index (χ3n) is 2.89. The number of benzene rings is 1. The van der Waals surface area contributed by atoms with Crippen molar-refractivity contribution in [3.8, 4) is 11.5 Å². The van der Waals surface area contributed by atoms with Gasteiger partial charge in [-0.15, -0.1) is 0 Å². The standard InChI is InChI=1S/C14H18N2O3/c1-10(17)9-19-11-4-5-12-13(8-11)18-7-6-16(3)14(12)15-2/h4-5,8H,6-7,9H2,1-3H3. The number of fused-ring (bicyclic) bond motifs is 1. The number of carbonyl (C=O) groups excluding carboxylic acids is 1. The summed E-state index contributed by atoms with van der Waals surface area (Å²) in [7, 11) is 3.75. The van der Waals surface area contributed by atoms with Crippen molar-refractivity contribution in [1.82, 2.24) is 4.90 Å². The van der Waals surface area contributed by atoms with Gasteiger partial charge in [0.1, 0.15) is 30.5 Å². The minimum atomic E-state index is -0.00796. The molecule has 5 nitrogen and oxygen atoms in total. The van der Waals surface area contributed by atoms with Crippen LogP contribution in [0.1, 0.15) is 12.5 Å². The predicted molar refractivity (Wildman–Crippen MR) is 73.2 cm³/mol. The summed E-state index contributed by atoms with van der Waals surface area (Å²) in [6, 6.07) is 5.55. The molecule has 1 aliphatic rings. The molecule has 2 rings (SSSR count). The molecular weight excluding hydrogens is 244 g/mol. The van der Waals surface area contributed by atoms with Crippen LogP contribution >= 0.6 is 0 Å². The molecule has 0 aromatic heterocycles. The van der Waals surface area contributed by atoms with Gasteiger partial charge in [0.15, 0.2) is 5.78 Å². The molecule has 0 unspecified atom stereocenters. The van der Waals surface area contributed by atoms with E-state index in [2.05, 4.69) is 9.89 Å². The number of ether oxygens (including phenoxy) is 2. The molecule has 0 atom stereocenters. The van der Waals surface area contributed by atoms with Crippen LogP contribution in [0, 0.1) is 0 Å². The number of amidine groups is 1. The SMILES string of the molecule is CN=C1c2ccc(OCC(C)=O)cc2OCCN1C. The zero-order valence-electron chi connectivity index (χ0n) is 11.5. The highest BCUT2D eigenvalue weighted by molar-refractivity contribution is 6.01. The Balaban J connectivity index is 2.29. The first-order valence-corrected chi connectivity index (χ1v) is 6.19. The van der Waals surface area contributed by atoms with Gasteiger partial charge in [-0.05, 0) is 19.1 Å². The Morgan fingerprint density at radius 2 is 2.32 bits per heavy atom. The van der Waals surface area contributed by atoms with Crippen LogP contribution < -0.4 is 9.47 Å². The Bertz CT molecular complexity index is 511. The maximum atomic E-state index is 10.9. The summed E-state index contributed by atoms with van der Waals surface area (Å²) in [6.07, 6.45) is 0. The topological polar surface area (TPSA) is 51.1 Å². The van der Waals surface area contributed by atoms with E-state index >= 15 is 0 Å². The summed E-state index contributed by atoms with van der Waals surface area (Å²) >= 11 is 0. The van der Waals surface area contributed by atoms with Crippen LogP contribution in [0.25, 0.3) is 0 Å². The molecule has 1 aromatic rings. The lowest BCUT2D eigenvalue weighted by Gasteiger charge is -2.17. The second-order valence-corrected chi connectivity index (χ2v) is 4.47. The molecule has 0 radical (unpaired) electrons. The lowest BCUT2D eigenvalue weighted by Crippen LogP contribution is -2.28. The van der Waals surface area contributed by atoms with Gasteiger partial charge in [0.2, 0.25) is 0 Å². The van der Waals surface area contributed by atoms with E-state index in [1.54, 1.807) is 7.05 Å². The van der Waals surface area contributed by atoms with Gasteiger partial charge in [-0.25, -0.2) is 0 Å². The number of rotatable bonds is 3. The molecule has 102 valence electrons. The second-order valence-electron chi connectivity index (χ2n) is 4.47. The van der Waals surface area contributed by atoms with E-state index in [1.807, 2.05) is 25.2 Å². The molecule has 1 aliphatic heterocycles. The Morgan fingerprint density at radius 1 is 1.53 bits per heavy atom. The highest BCUT2D eigenvalue weighted by atomic mass is 16.5. The van der Waals surface area contributed by atoms with Crippen molar-refractivity contribution in [3.05, 3.63) is 23.8 Å². The predicted octanol–water partition coefficient (Wildman–Crippen LogP) is 1.35. The summed E-state index contributed by atoms with van der Waals surface area (Å²) in [5.74, 6) is 2.26. The van der Waals surface area contributed by atoms with E-state index in [9.17, 15) is 4.79 Å². The van der Waals surface area contributed by atoms with Crippen LogP contribution in [-0.4, -0.2) is 50.4 Å². The fourth-order valence-electron chi connectivity index (χ4n) is 1.98. The number of hydrogen-bond acceptors (Lipinski definition) is 4. The molecule has 5 heteroatoms. The van der Waals surface area contributed by atoms with Crippen molar-refractivity contribution in [1.29, 1.82) is 0 Å². The largest absolute Gasteiger partial charge is 0.491 e. The average Bonchev–Trinajstić information content (AvgIpc) is 2.54. The van der Waals surface area contributed by atoms with Crippen molar-refractivity contribution in [2.75, 3.05) is 33.9 Å². The Morgan fingerprint density at radius 3 is 3.00 bits per heavy atom. The average molecular weight is 262 g/mol. The zero-order valence-corrected chi connectivity index (χ0v) is 11.5. The number of carbonyl (C=O) groups is 1. The quantitative estimate of drug-likeness (QED) is 0.825. The Labute approximate surface area is 112 Å². The molecular formula is C14H18N2O3. The first-order valence-electron chi connectivity index (χ1n) is 6.19. The molecule has 0 N–H and O–H groups in total. The Kier molecular flexibility index (Phi) is 4.04. The van der Waals surface area contributed by atoms with E-state index in [0.29, 0.717) is 12.4 Å². The number of hydrogen-bond donors (Lipinski definition) is 0. The molecule has 0 bridgehead atoms. The van der Waals surface area contributed by atoms with Crippen LogP contribution in [0.2, 0.25) is 0 Å². The summed E-state index contributed by atoms with van der Waals surface area (Å²) in [5, 5.41) is 0. The molecule has 0 spiro atoms. The van der Waals surface area contributed by atoms with Gasteiger partial charge in [-0.2, -0.15) is 0 Å². The molecule has 19 heavy (non-hydrogen) atoms. The van der Waals surface area contributed by atoms with Crippen LogP contribution in [0.3, 0.4) is 0 Å². The molecule has 0 amide bonds. The number of likely N-dealkylation sites (N-methyl/N-ethyl adjacent to an activating group) is 1. The molecule has 0 aliphatic carbocycles. The van der Waals surface area contributed by atoms with Crippen molar-refractivity contribution in [2.45, 2.75) is 6.92 Å². The van der Waals surface area contributed by atoms with Gasteiger partial charge in [-0.3, -0.25) is 9.79 Å². The van der Waals surface area contributed by atoms with Gasteiger partial charge in [0.25, 0.3) is 0 Å². The molecule has 1 heterocycles. The zero-order chi connectivity index (χ0) is 13.8. The van der Waals surface area contributed by atoms with Gasteiger partial charge in [0, 0.05) is 20.2 Å². The van der Waals surface area contributed by atoms with Gasteiger partial charge in [0.05, 0.1) is 12.1 Å². The first-order chi connectivity index (χ1) is 9.11. The first kappa shape index (κ1) is 13.4. The minimum absolute atomic E-state index is 0.00796. The fraction of sp³-hybridized carbons (Fsp3) is 0.429. The number of nitrogens with zero attached hydrogens (tertiary/aromatic N) is 2. The second kappa shape index (κ2) is 5.73. The van der Waals surface area contributed by atoms with E-state index < -0.39 is 0 Å². The van der Waals surface area contributed by atoms with Gasteiger partial charge in [-0.1, -0.05) is 0 Å². The van der Waals surface area contributed by atoms with Crippen LogP contribution in [0.4, 0.5) is 0 Å². The summed E-state index contributed by atoms with van der Waals surface area (Å²) in [6.45, 7) is 2.95. The molecule has 0 fully saturated rings. The summed E-state index contributed by atoms with van der Waals surface area (Å²) < 4.78 is 11.1. The van der Waals surface area contributed by atoms with Crippen molar-refractivity contribution >= 4 is 11.6 Å². The fourth-order valence-corrected chi connectivity index (χ4v) is 1.98. The highest BCUT2D eigenvalue weighted by Gasteiger charge is 2.19. The van der Waals surface area contributed by atoms with Crippen molar-refractivity contribution < 1.29 is 14.3 Å². The maximum Gasteiger partial charge on any atom is 0.167 e. The summed E-state index contributed by atoms with van der Waals surface area (Å²) in [4.78, 5) is 17.3. The normalized spacial score (nSPS) is 16.6. The van der Waals surface area contributed by atoms with Crippen LogP contribution in [0.5, 0.6) is 11.5 Å². The lowest BCUT2D eigenvalue weighted by atomic mass is 10.1. The number of aliphatic imine (C=N–C) groups is 1. The van der Waals surface area contributed by atoms with E-state index in [0.717, 1.165) is 23.7 Å². The Hall–Kier alpha value is -2.04. The van der Waals surface area contributed by atoms with E-state index in [4.69, 9.17) is 9.47 Å². The van der Waals surface area contributed by atoms with Gasteiger partial charge < -0.3 is 14.4 Å². The lowest BCUT2D eigenvalue weighted by molar-refractivity contribution is -0.118. The summed E-state index contributed by atoms with van der Waals surface area (Å²) in [5.41, 5.74) is 0.942. The van der Waals surface area contributed by atoms with Gasteiger partial charge >= 0.3 is 0 Å². The third kappa shape index (κ3) is 3.05. The monoisotopic (exact) mass is 262 g/mol. The number of ketones is 1. The van der Waals surface area contributed by atoms with Crippen molar-refractivity contribution in [3.63, 3.8) is 0 Å². The van der Waals surface area contributed by atoms with Crippen molar-refractivity contribution in [2.24, 2.45) is 4.99 Å². The molecule has 0 saturated carbocycles. The molecule has 0 saturated heterocycles. The van der Waals surface area contributed by atoms with Crippen LogP contribution in [0.15, 0.2) is 23.2 Å².